The summed E-state index contributed by atoms with van der Waals surface area (Å²) in [5, 5.41) is 0. The molecule has 138 valence electrons. The van der Waals surface area contributed by atoms with Gasteiger partial charge in [-0.3, -0.25) is 4.79 Å². The third-order valence-corrected chi connectivity index (χ3v) is 5.00. The normalized spacial score (nSPS) is 15.2. The molecule has 0 N–H and O–H groups in total. The minimum atomic E-state index is -0.271. The summed E-state index contributed by atoms with van der Waals surface area (Å²) >= 11 is 0. The van der Waals surface area contributed by atoms with Gasteiger partial charge in [0.15, 0.2) is 0 Å². The molecule has 0 bridgehead atoms. The van der Waals surface area contributed by atoms with Gasteiger partial charge in [-0.25, -0.2) is 4.39 Å². The van der Waals surface area contributed by atoms with Crippen molar-refractivity contribution in [3.63, 3.8) is 0 Å². The second-order valence-electron chi connectivity index (χ2n) is 7.97. The number of amides is 1. The van der Waals surface area contributed by atoms with Gasteiger partial charge in [0, 0.05) is 31.9 Å². The van der Waals surface area contributed by atoms with Gasteiger partial charge in [-0.05, 0) is 40.8 Å². The lowest BCUT2D eigenvalue weighted by Gasteiger charge is -2.36. The van der Waals surface area contributed by atoms with Crippen LogP contribution >= 0.6 is 0 Å². The van der Waals surface area contributed by atoms with Crippen LogP contribution in [0.3, 0.4) is 0 Å². The first-order valence-electron chi connectivity index (χ1n) is 9.21. The summed E-state index contributed by atoms with van der Waals surface area (Å²) in [6, 6.07) is 14.9. The average molecular weight is 354 g/mol. The van der Waals surface area contributed by atoms with E-state index in [1.54, 1.807) is 12.1 Å². The molecule has 0 radical (unpaired) electrons. The fourth-order valence-electron chi connectivity index (χ4n) is 3.27. The summed E-state index contributed by atoms with van der Waals surface area (Å²) in [6.07, 6.45) is 0.334. The number of benzene rings is 2. The molecule has 1 heterocycles. The number of hydrogen-bond donors (Lipinski definition) is 0. The molecule has 1 aliphatic heterocycles. The van der Waals surface area contributed by atoms with Gasteiger partial charge in [0.1, 0.15) is 5.82 Å². The van der Waals surface area contributed by atoms with Gasteiger partial charge in [-0.15, -0.1) is 0 Å². The Morgan fingerprint density at radius 3 is 2.04 bits per heavy atom. The highest BCUT2D eigenvalue weighted by molar-refractivity contribution is 5.79. The van der Waals surface area contributed by atoms with Crippen molar-refractivity contribution < 1.29 is 9.18 Å². The van der Waals surface area contributed by atoms with Crippen molar-refractivity contribution in [2.45, 2.75) is 32.6 Å². The van der Waals surface area contributed by atoms with Gasteiger partial charge in [-0.1, -0.05) is 45.0 Å². The molecule has 0 spiro atoms. The molecule has 0 atom stereocenters. The van der Waals surface area contributed by atoms with Crippen molar-refractivity contribution in [3.05, 3.63) is 65.5 Å². The second-order valence-corrected chi connectivity index (χ2v) is 7.97. The molecule has 0 aromatic heterocycles. The average Bonchev–Trinajstić information content (AvgIpc) is 2.63. The van der Waals surface area contributed by atoms with Crippen LogP contribution in [-0.2, 0) is 16.6 Å². The van der Waals surface area contributed by atoms with Gasteiger partial charge in [-0.2, -0.15) is 0 Å². The molecule has 4 heteroatoms. The molecule has 3 rings (SSSR count). The van der Waals surface area contributed by atoms with Crippen molar-refractivity contribution in [1.29, 1.82) is 0 Å². The van der Waals surface area contributed by atoms with Crippen LogP contribution in [0.1, 0.15) is 31.9 Å². The summed E-state index contributed by atoms with van der Waals surface area (Å²) in [7, 11) is 0. The Bertz CT molecular complexity index is 739. The van der Waals surface area contributed by atoms with Gasteiger partial charge in [0.25, 0.3) is 0 Å². The SMILES string of the molecule is CC(C)(C)c1ccc(N2CCN(C(=O)Cc3ccc(F)cc3)CC2)cc1. The first-order chi connectivity index (χ1) is 12.3. The molecule has 1 aliphatic rings. The number of nitrogens with zero attached hydrogens (tertiary/aromatic N) is 2. The monoisotopic (exact) mass is 354 g/mol. The smallest absolute Gasteiger partial charge is 0.227 e. The zero-order valence-corrected chi connectivity index (χ0v) is 15.8. The summed E-state index contributed by atoms with van der Waals surface area (Å²) in [5.41, 5.74) is 3.55. The van der Waals surface area contributed by atoms with E-state index in [1.807, 2.05) is 4.90 Å². The molecule has 0 unspecified atom stereocenters. The van der Waals surface area contributed by atoms with E-state index in [4.69, 9.17) is 0 Å². The van der Waals surface area contributed by atoms with Gasteiger partial charge in [0.05, 0.1) is 6.42 Å². The maximum Gasteiger partial charge on any atom is 0.227 e. The first-order valence-corrected chi connectivity index (χ1v) is 9.21. The topological polar surface area (TPSA) is 23.6 Å². The van der Waals surface area contributed by atoms with Crippen LogP contribution < -0.4 is 4.90 Å². The molecule has 1 fully saturated rings. The third-order valence-electron chi connectivity index (χ3n) is 5.00. The molecule has 0 aliphatic carbocycles. The predicted molar refractivity (Wildman–Crippen MR) is 104 cm³/mol. The Kier molecular flexibility index (Phi) is 5.30. The fourth-order valence-corrected chi connectivity index (χ4v) is 3.27. The lowest BCUT2D eigenvalue weighted by Crippen LogP contribution is -2.49. The number of carbonyl (C=O) groups is 1. The number of carbonyl (C=O) groups excluding carboxylic acids is 1. The number of anilines is 1. The molecule has 2 aromatic rings. The van der Waals surface area contributed by atoms with Crippen LogP contribution in [0.25, 0.3) is 0 Å². The minimum absolute atomic E-state index is 0.110. The predicted octanol–water partition coefficient (Wildman–Crippen LogP) is 4.01. The number of piperazine rings is 1. The highest BCUT2D eigenvalue weighted by Gasteiger charge is 2.22. The largest absolute Gasteiger partial charge is 0.368 e. The molecule has 1 saturated heterocycles. The Morgan fingerprint density at radius 1 is 0.923 bits per heavy atom. The van der Waals surface area contributed by atoms with Crippen LogP contribution in [0.4, 0.5) is 10.1 Å². The molecule has 1 amide bonds. The van der Waals surface area contributed by atoms with Crippen LogP contribution in [-0.4, -0.2) is 37.0 Å². The van der Waals surface area contributed by atoms with Gasteiger partial charge in [0.2, 0.25) is 5.91 Å². The summed E-state index contributed by atoms with van der Waals surface area (Å²) in [4.78, 5) is 16.7. The van der Waals surface area contributed by atoms with Gasteiger partial charge >= 0.3 is 0 Å². The lowest BCUT2D eigenvalue weighted by molar-refractivity contribution is -0.130. The third kappa shape index (κ3) is 4.43. The molecule has 2 aromatic carbocycles. The Morgan fingerprint density at radius 2 is 1.50 bits per heavy atom. The highest BCUT2D eigenvalue weighted by atomic mass is 19.1. The number of rotatable bonds is 3. The first kappa shape index (κ1) is 18.4. The standard InChI is InChI=1S/C22H27FN2O/c1-22(2,3)18-6-10-20(11-7-18)24-12-14-25(15-13-24)21(26)16-17-4-8-19(23)9-5-17/h4-11H,12-16H2,1-3H3. The lowest BCUT2D eigenvalue weighted by atomic mass is 9.87. The van der Waals surface area contributed by atoms with Crippen LogP contribution in [0.15, 0.2) is 48.5 Å². The second kappa shape index (κ2) is 7.48. The molecular weight excluding hydrogens is 327 g/mol. The minimum Gasteiger partial charge on any atom is -0.368 e. The van der Waals surface area contributed by atoms with E-state index in [9.17, 15) is 9.18 Å². The molecule has 3 nitrogen and oxygen atoms in total. The highest BCUT2D eigenvalue weighted by Crippen LogP contribution is 2.25. The molecule has 26 heavy (non-hydrogen) atoms. The molecular formula is C22H27FN2O. The fraction of sp³-hybridized carbons (Fsp3) is 0.409. The summed E-state index contributed by atoms with van der Waals surface area (Å²) in [6.45, 7) is 9.77. The zero-order chi connectivity index (χ0) is 18.7. The van der Waals surface area contributed by atoms with Crippen molar-refractivity contribution in [1.82, 2.24) is 4.90 Å². The Labute approximate surface area is 155 Å². The van der Waals surface area contributed by atoms with E-state index in [0.29, 0.717) is 6.42 Å². The van der Waals surface area contributed by atoms with Crippen LogP contribution in [0, 0.1) is 5.82 Å². The summed E-state index contributed by atoms with van der Waals surface area (Å²) < 4.78 is 13.0. The van der Waals surface area contributed by atoms with Crippen LogP contribution in [0.5, 0.6) is 0 Å². The van der Waals surface area contributed by atoms with E-state index >= 15 is 0 Å². The zero-order valence-electron chi connectivity index (χ0n) is 15.8. The number of hydrogen-bond acceptors (Lipinski definition) is 2. The van der Waals surface area contributed by atoms with E-state index in [1.165, 1.54) is 23.4 Å². The van der Waals surface area contributed by atoms with E-state index in [0.717, 1.165) is 31.7 Å². The Hall–Kier alpha value is -2.36. The van der Waals surface area contributed by atoms with Crippen molar-refractivity contribution in [2.24, 2.45) is 0 Å². The van der Waals surface area contributed by atoms with E-state index < -0.39 is 0 Å². The number of halogens is 1. The quantitative estimate of drug-likeness (QED) is 0.831. The van der Waals surface area contributed by atoms with Crippen LogP contribution in [0.2, 0.25) is 0 Å². The van der Waals surface area contributed by atoms with Crippen molar-refractivity contribution in [2.75, 3.05) is 31.1 Å². The Balaban J connectivity index is 1.55. The maximum absolute atomic E-state index is 13.0. The van der Waals surface area contributed by atoms with Gasteiger partial charge < -0.3 is 9.80 Å². The van der Waals surface area contributed by atoms with Crippen molar-refractivity contribution in [3.8, 4) is 0 Å². The summed E-state index contributed by atoms with van der Waals surface area (Å²) in [5.74, 6) is -0.161. The van der Waals surface area contributed by atoms with E-state index in [2.05, 4.69) is 49.9 Å². The molecule has 0 saturated carbocycles. The maximum atomic E-state index is 13.0. The van der Waals surface area contributed by atoms with Crippen molar-refractivity contribution >= 4 is 11.6 Å². The van der Waals surface area contributed by atoms with E-state index in [-0.39, 0.29) is 17.1 Å².